The molecule has 2 atom stereocenters. The summed E-state index contributed by atoms with van der Waals surface area (Å²) in [6, 6.07) is 6.43. The Morgan fingerprint density at radius 2 is 1.64 bits per heavy atom. The molecule has 11 heteroatoms. The lowest BCUT2D eigenvalue weighted by atomic mass is 10.0. The van der Waals surface area contributed by atoms with Gasteiger partial charge in [0.15, 0.2) is 0 Å². The van der Waals surface area contributed by atoms with Crippen LogP contribution in [0.5, 0.6) is 0 Å². The zero-order valence-electron chi connectivity index (χ0n) is 20.7. The van der Waals surface area contributed by atoms with Crippen LogP contribution in [0.2, 0.25) is 5.02 Å². The number of nitrogens with zero attached hydrogens (tertiary/aromatic N) is 2. The van der Waals surface area contributed by atoms with E-state index in [1.54, 1.807) is 13.0 Å². The molecule has 0 aliphatic carbocycles. The molecule has 0 spiro atoms. The molecule has 2 aromatic rings. The highest BCUT2D eigenvalue weighted by Gasteiger charge is 2.37. The van der Waals surface area contributed by atoms with Crippen molar-refractivity contribution < 1.29 is 29.0 Å². The lowest BCUT2D eigenvalue weighted by molar-refractivity contribution is -0.140. The maximum Gasteiger partial charge on any atom is 0.424 e. The molecule has 194 valence electrons. The van der Waals surface area contributed by atoms with Crippen molar-refractivity contribution in [3.63, 3.8) is 0 Å². The smallest absolute Gasteiger partial charge is 0.424 e. The first-order valence-corrected chi connectivity index (χ1v) is 12.8. The number of fused-ring (bicyclic) bond motifs is 1. The summed E-state index contributed by atoms with van der Waals surface area (Å²) in [6.07, 6.45) is -1.85. The third-order valence-electron chi connectivity index (χ3n) is 5.27. The molecule has 1 unspecified atom stereocenters. The molecule has 1 N–H and O–H groups in total. The average molecular weight is 537 g/mol. The van der Waals surface area contributed by atoms with E-state index in [1.165, 1.54) is 40.6 Å². The number of imide groups is 1. The summed E-state index contributed by atoms with van der Waals surface area (Å²) >= 11 is 7.52. The van der Waals surface area contributed by atoms with Gasteiger partial charge in [-0.05, 0) is 41.7 Å². The molecule has 3 rings (SSSR count). The van der Waals surface area contributed by atoms with Gasteiger partial charge in [0, 0.05) is 21.9 Å². The van der Waals surface area contributed by atoms with Gasteiger partial charge in [-0.1, -0.05) is 46.2 Å². The number of carbonyl (C=O) groups excluding carboxylic acids is 2. The number of thioether (sulfide) groups is 1. The Balaban J connectivity index is 2.13. The first kappa shape index (κ1) is 27.6. The van der Waals surface area contributed by atoms with E-state index in [4.69, 9.17) is 21.1 Å². The van der Waals surface area contributed by atoms with Crippen LogP contribution < -0.4 is 10.5 Å². The van der Waals surface area contributed by atoms with E-state index in [-0.39, 0.29) is 36.0 Å². The molecule has 0 saturated heterocycles. The molecule has 0 bridgehead atoms. The molecule has 1 aliphatic rings. The number of aromatic nitrogens is 1. The van der Waals surface area contributed by atoms with E-state index >= 15 is 0 Å². The number of hydrogen-bond donors (Lipinski definition) is 1. The number of carbonyl (C=O) groups is 3. The molecule has 1 aromatic heterocycles. The van der Waals surface area contributed by atoms with E-state index in [9.17, 15) is 24.3 Å². The van der Waals surface area contributed by atoms with Gasteiger partial charge in [-0.3, -0.25) is 9.36 Å². The highest BCUT2D eigenvalue weighted by molar-refractivity contribution is 8.00. The van der Waals surface area contributed by atoms with Gasteiger partial charge in [0.25, 0.3) is 5.56 Å². The summed E-state index contributed by atoms with van der Waals surface area (Å²) in [5, 5.41) is 10.0. The predicted molar refractivity (Wildman–Crippen MR) is 138 cm³/mol. The monoisotopic (exact) mass is 536 g/mol. The van der Waals surface area contributed by atoms with Crippen molar-refractivity contribution in [3.8, 4) is 11.1 Å². The maximum atomic E-state index is 13.1. The lowest BCUT2D eigenvalue weighted by Gasteiger charge is -2.24. The van der Waals surface area contributed by atoms with Gasteiger partial charge in [-0.2, -0.15) is 4.90 Å². The number of rotatable bonds is 7. The third kappa shape index (κ3) is 6.04. The molecule has 9 nitrogen and oxygen atoms in total. The van der Waals surface area contributed by atoms with Gasteiger partial charge in [-0.15, -0.1) is 11.8 Å². The number of anilines is 1. The van der Waals surface area contributed by atoms with Crippen LogP contribution >= 0.6 is 23.4 Å². The summed E-state index contributed by atoms with van der Waals surface area (Å²) in [5.74, 6) is -1.03. The zero-order valence-corrected chi connectivity index (χ0v) is 22.3. The second-order valence-electron chi connectivity index (χ2n) is 9.33. The van der Waals surface area contributed by atoms with Crippen molar-refractivity contribution in [1.82, 2.24) is 4.57 Å². The fourth-order valence-corrected chi connectivity index (χ4v) is 5.09. The largest absolute Gasteiger partial charge is 0.480 e. The van der Waals surface area contributed by atoms with Gasteiger partial charge in [0.2, 0.25) is 0 Å². The highest BCUT2D eigenvalue weighted by Crippen LogP contribution is 2.42. The number of benzene rings is 1. The Hall–Kier alpha value is -2.98. The molecular weight excluding hydrogens is 508 g/mol. The van der Waals surface area contributed by atoms with Crippen molar-refractivity contribution in [2.45, 2.75) is 50.9 Å². The summed E-state index contributed by atoms with van der Waals surface area (Å²) < 4.78 is 11.9. The molecule has 1 aromatic carbocycles. The number of ether oxygens (including phenoxy) is 2. The fourth-order valence-electron chi connectivity index (χ4n) is 3.66. The van der Waals surface area contributed by atoms with E-state index in [2.05, 4.69) is 0 Å². The molecule has 2 heterocycles. The summed E-state index contributed by atoms with van der Waals surface area (Å²) in [5.41, 5.74) is 0.289. The Kier molecular flexibility index (Phi) is 8.73. The molecule has 36 heavy (non-hydrogen) atoms. The van der Waals surface area contributed by atoms with Gasteiger partial charge in [0.05, 0.1) is 23.9 Å². The summed E-state index contributed by atoms with van der Waals surface area (Å²) in [6.45, 7) is 9.36. The molecule has 0 fully saturated rings. The van der Waals surface area contributed by atoms with E-state index in [1.807, 2.05) is 27.7 Å². The third-order valence-corrected chi connectivity index (χ3v) is 6.69. The number of hydrogen-bond acceptors (Lipinski definition) is 7. The normalized spacial score (nSPS) is 16.7. The number of amides is 2. The number of aliphatic carboxylic acids is 1. The van der Waals surface area contributed by atoms with Gasteiger partial charge in [-0.25, -0.2) is 14.4 Å². The van der Waals surface area contributed by atoms with Crippen molar-refractivity contribution in [2.24, 2.45) is 11.8 Å². The minimum absolute atomic E-state index is 0.0325. The van der Waals surface area contributed by atoms with Crippen LogP contribution in [0.25, 0.3) is 11.1 Å². The van der Waals surface area contributed by atoms with E-state index in [0.717, 1.165) is 4.90 Å². The number of pyridine rings is 1. The minimum atomic E-state index is -1.10. The van der Waals surface area contributed by atoms with Crippen LogP contribution in [0.1, 0.15) is 40.7 Å². The zero-order chi connectivity index (χ0) is 26.7. The Labute approximate surface area is 218 Å². The first-order valence-electron chi connectivity index (χ1n) is 11.5. The second-order valence-corrected chi connectivity index (χ2v) is 11.2. The van der Waals surface area contributed by atoms with Crippen LogP contribution in [0.4, 0.5) is 15.3 Å². The van der Waals surface area contributed by atoms with Crippen molar-refractivity contribution >= 4 is 47.2 Å². The van der Waals surface area contributed by atoms with Gasteiger partial charge < -0.3 is 14.6 Å². The van der Waals surface area contributed by atoms with Crippen LogP contribution in [-0.4, -0.2) is 46.3 Å². The number of carboxylic acids is 1. The van der Waals surface area contributed by atoms with E-state index in [0.29, 0.717) is 21.2 Å². The second kappa shape index (κ2) is 11.4. The summed E-state index contributed by atoms with van der Waals surface area (Å²) in [4.78, 5) is 51.6. The topological polar surface area (TPSA) is 115 Å². The van der Waals surface area contributed by atoms with Gasteiger partial charge in [0.1, 0.15) is 6.04 Å². The lowest BCUT2D eigenvalue weighted by Crippen LogP contribution is -2.39. The van der Waals surface area contributed by atoms with Crippen LogP contribution in [0.3, 0.4) is 0 Å². The highest BCUT2D eigenvalue weighted by atomic mass is 35.5. The molecular formula is C25H29ClN2O7S. The van der Waals surface area contributed by atoms with Crippen LogP contribution in [0, 0.1) is 11.8 Å². The quantitative estimate of drug-likeness (QED) is 0.480. The van der Waals surface area contributed by atoms with Gasteiger partial charge >= 0.3 is 18.2 Å². The van der Waals surface area contributed by atoms with Crippen LogP contribution in [0.15, 0.2) is 40.2 Å². The van der Waals surface area contributed by atoms with Crippen LogP contribution in [-0.2, 0) is 14.3 Å². The maximum absolute atomic E-state index is 13.1. The molecule has 0 saturated carbocycles. The molecule has 2 amide bonds. The van der Waals surface area contributed by atoms with Crippen molar-refractivity contribution in [2.75, 3.05) is 18.1 Å². The van der Waals surface area contributed by atoms with Crippen molar-refractivity contribution in [3.05, 3.63) is 45.7 Å². The molecule has 0 radical (unpaired) electrons. The minimum Gasteiger partial charge on any atom is -0.480 e. The van der Waals surface area contributed by atoms with Crippen molar-refractivity contribution in [1.29, 1.82) is 0 Å². The summed E-state index contributed by atoms with van der Waals surface area (Å²) in [7, 11) is 0. The fraction of sp³-hybridized carbons (Fsp3) is 0.440. The molecule has 1 aliphatic heterocycles. The first-order chi connectivity index (χ1) is 16.9. The van der Waals surface area contributed by atoms with E-state index < -0.39 is 29.8 Å². The number of halogens is 1. The Morgan fingerprint density at radius 3 is 2.17 bits per heavy atom. The Bertz CT molecular complexity index is 1200. The average Bonchev–Trinajstić information content (AvgIpc) is 3.13. The SMILES string of the molecule is CC(C)COC(=O)N(C(=O)OCC(C)C)c1ccc(Cl)cc1-c1cc2n(c(=O)c1)[C@H](C(=O)O)C(C)S2. The predicted octanol–water partition coefficient (Wildman–Crippen LogP) is 5.68. The number of carboxylic acid groups (broad SMARTS) is 1. The Morgan fingerprint density at radius 1 is 1.06 bits per heavy atom. The standard InChI is InChI=1S/C25H29ClN2O7S/c1-13(2)11-34-24(32)27(25(33)35-12-14(3)4)19-7-6-17(26)10-18(19)16-8-20(29)28-21(9-16)36-15(5)22(28)23(30)31/h6-10,13-15,22H,11-12H2,1-5H3,(H,30,31)/t15?,22-/m0/s1.